The average molecular weight is 284 g/mol. The van der Waals surface area contributed by atoms with Crippen LogP contribution in [0.1, 0.15) is 33.3 Å². The lowest BCUT2D eigenvalue weighted by atomic mass is 9.78. The minimum atomic E-state index is -0.331. The van der Waals surface area contributed by atoms with E-state index in [1.807, 2.05) is 30.5 Å². The Hall–Kier alpha value is -1.72. The molecule has 1 saturated heterocycles. The smallest absolute Gasteiger partial charge is 0.399 e. The molecule has 2 aliphatic rings. The first-order valence-electron chi connectivity index (χ1n) is 7.23. The zero-order valence-corrected chi connectivity index (χ0v) is 12.9. The molecule has 110 valence electrons. The molecule has 1 fully saturated rings. The first-order valence-corrected chi connectivity index (χ1v) is 7.23. The SMILES string of the molecule is CC1(C)OB(c2cccc(C3=CC=CNN3)c2)OC1(C)C. The molecule has 0 atom stereocenters. The molecular formula is C16H21BN2O2. The molecule has 2 aliphatic heterocycles. The van der Waals surface area contributed by atoms with Gasteiger partial charge in [0, 0.05) is 6.20 Å². The predicted octanol–water partition coefficient (Wildman–Crippen LogP) is 1.95. The normalized spacial score (nSPS) is 22.5. The zero-order chi connectivity index (χ0) is 15.1. The van der Waals surface area contributed by atoms with Crippen molar-refractivity contribution in [2.45, 2.75) is 38.9 Å². The molecule has 1 aromatic rings. The molecule has 0 aliphatic carbocycles. The molecule has 0 spiro atoms. The Labute approximate surface area is 126 Å². The number of benzene rings is 1. The van der Waals surface area contributed by atoms with Gasteiger partial charge in [-0.2, -0.15) is 0 Å². The van der Waals surface area contributed by atoms with Crippen molar-refractivity contribution in [2.75, 3.05) is 0 Å². The lowest BCUT2D eigenvalue weighted by Crippen LogP contribution is -2.41. The van der Waals surface area contributed by atoms with Crippen molar-refractivity contribution < 1.29 is 9.31 Å². The zero-order valence-electron chi connectivity index (χ0n) is 12.9. The van der Waals surface area contributed by atoms with Crippen molar-refractivity contribution in [3.05, 3.63) is 48.2 Å². The Kier molecular flexibility index (Phi) is 3.34. The number of hydrogen-bond acceptors (Lipinski definition) is 4. The molecule has 0 amide bonds. The molecule has 0 unspecified atom stereocenters. The third-order valence-electron chi connectivity index (χ3n) is 4.37. The first-order chi connectivity index (χ1) is 9.89. The third-order valence-corrected chi connectivity index (χ3v) is 4.37. The van der Waals surface area contributed by atoms with E-state index >= 15 is 0 Å². The highest BCUT2D eigenvalue weighted by Crippen LogP contribution is 2.36. The topological polar surface area (TPSA) is 42.5 Å². The lowest BCUT2D eigenvalue weighted by Gasteiger charge is -2.32. The highest BCUT2D eigenvalue weighted by atomic mass is 16.7. The fourth-order valence-corrected chi connectivity index (χ4v) is 2.35. The van der Waals surface area contributed by atoms with Gasteiger partial charge in [0.05, 0.1) is 16.9 Å². The molecule has 4 nitrogen and oxygen atoms in total. The van der Waals surface area contributed by atoms with E-state index in [4.69, 9.17) is 9.31 Å². The second kappa shape index (κ2) is 4.93. The van der Waals surface area contributed by atoms with E-state index in [0.717, 1.165) is 16.7 Å². The second-order valence-corrected chi connectivity index (χ2v) is 6.42. The van der Waals surface area contributed by atoms with Crippen LogP contribution in [0.25, 0.3) is 5.70 Å². The quantitative estimate of drug-likeness (QED) is 0.815. The predicted molar refractivity (Wildman–Crippen MR) is 85.5 cm³/mol. The number of rotatable bonds is 2. The minimum absolute atomic E-state index is 0.319. The summed E-state index contributed by atoms with van der Waals surface area (Å²) >= 11 is 0. The van der Waals surface area contributed by atoms with Crippen molar-refractivity contribution in [1.29, 1.82) is 0 Å². The van der Waals surface area contributed by atoms with Crippen LogP contribution in [-0.2, 0) is 9.31 Å². The van der Waals surface area contributed by atoms with Gasteiger partial charge in [-0.05, 0) is 50.9 Å². The van der Waals surface area contributed by atoms with Crippen molar-refractivity contribution in [1.82, 2.24) is 10.9 Å². The number of nitrogens with one attached hydrogen (secondary N) is 2. The van der Waals surface area contributed by atoms with Gasteiger partial charge >= 0.3 is 7.12 Å². The van der Waals surface area contributed by atoms with Gasteiger partial charge in [0.1, 0.15) is 0 Å². The summed E-state index contributed by atoms with van der Waals surface area (Å²) in [5.74, 6) is 0. The Bertz CT molecular complexity index is 592. The number of hydrogen-bond donors (Lipinski definition) is 2. The molecular weight excluding hydrogens is 263 g/mol. The van der Waals surface area contributed by atoms with Crippen molar-refractivity contribution in [2.24, 2.45) is 0 Å². The second-order valence-electron chi connectivity index (χ2n) is 6.42. The van der Waals surface area contributed by atoms with E-state index in [-0.39, 0.29) is 18.3 Å². The summed E-state index contributed by atoms with van der Waals surface area (Å²) in [6.07, 6.45) is 5.84. The monoisotopic (exact) mass is 284 g/mol. The Morgan fingerprint density at radius 1 is 1.05 bits per heavy atom. The molecule has 0 radical (unpaired) electrons. The fourth-order valence-electron chi connectivity index (χ4n) is 2.35. The van der Waals surface area contributed by atoms with E-state index in [0.29, 0.717) is 0 Å². The van der Waals surface area contributed by atoms with Crippen LogP contribution in [-0.4, -0.2) is 18.3 Å². The van der Waals surface area contributed by atoms with Crippen molar-refractivity contribution in [3.63, 3.8) is 0 Å². The molecule has 2 heterocycles. The minimum Gasteiger partial charge on any atom is -0.399 e. The summed E-state index contributed by atoms with van der Waals surface area (Å²) in [4.78, 5) is 0. The summed E-state index contributed by atoms with van der Waals surface area (Å²) in [5, 5.41) is 0. The average Bonchev–Trinajstić information content (AvgIpc) is 2.69. The molecule has 5 heteroatoms. The van der Waals surface area contributed by atoms with Gasteiger partial charge in [0.15, 0.2) is 0 Å². The number of hydrazine groups is 1. The highest BCUT2D eigenvalue weighted by Gasteiger charge is 2.51. The molecule has 0 aromatic heterocycles. The summed E-state index contributed by atoms with van der Waals surface area (Å²) in [6.45, 7) is 8.27. The van der Waals surface area contributed by atoms with Gasteiger partial charge in [-0.15, -0.1) is 0 Å². The summed E-state index contributed by atoms with van der Waals surface area (Å²) in [5.41, 5.74) is 8.63. The Morgan fingerprint density at radius 3 is 2.38 bits per heavy atom. The standard InChI is InChI=1S/C16H21BN2O2/c1-15(2)16(3,4)21-17(20-15)13-8-5-7-12(11-13)14-9-6-10-18-19-14/h5-11,18-19H,1-4H3. The van der Waals surface area contributed by atoms with E-state index in [1.165, 1.54) is 0 Å². The van der Waals surface area contributed by atoms with Crippen LogP contribution >= 0.6 is 0 Å². The van der Waals surface area contributed by atoms with Gasteiger partial charge in [-0.3, -0.25) is 0 Å². The van der Waals surface area contributed by atoms with E-state index < -0.39 is 0 Å². The van der Waals surface area contributed by atoms with E-state index in [9.17, 15) is 0 Å². The highest BCUT2D eigenvalue weighted by molar-refractivity contribution is 6.62. The van der Waals surface area contributed by atoms with Crippen LogP contribution in [0.3, 0.4) is 0 Å². The van der Waals surface area contributed by atoms with Crippen molar-refractivity contribution >= 4 is 18.3 Å². The van der Waals surface area contributed by atoms with Crippen LogP contribution in [0.2, 0.25) is 0 Å². The van der Waals surface area contributed by atoms with Gasteiger partial charge in [-0.1, -0.05) is 24.3 Å². The van der Waals surface area contributed by atoms with Crippen molar-refractivity contribution in [3.8, 4) is 0 Å². The van der Waals surface area contributed by atoms with Gasteiger partial charge in [0.25, 0.3) is 0 Å². The molecule has 0 saturated carbocycles. The maximum atomic E-state index is 6.10. The molecule has 21 heavy (non-hydrogen) atoms. The van der Waals surface area contributed by atoms with Crippen LogP contribution in [0, 0.1) is 0 Å². The molecule has 3 rings (SSSR count). The summed E-state index contributed by atoms with van der Waals surface area (Å²) in [6, 6.07) is 8.23. The summed E-state index contributed by atoms with van der Waals surface area (Å²) < 4.78 is 12.2. The largest absolute Gasteiger partial charge is 0.494 e. The Morgan fingerprint density at radius 2 is 1.76 bits per heavy atom. The van der Waals surface area contributed by atoms with Crippen LogP contribution in [0.5, 0.6) is 0 Å². The van der Waals surface area contributed by atoms with Gasteiger partial charge in [0.2, 0.25) is 0 Å². The molecule has 1 aromatic carbocycles. The maximum absolute atomic E-state index is 6.10. The van der Waals surface area contributed by atoms with E-state index in [2.05, 4.69) is 50.7 Å². The van der Waals surface area contributed by atoms with E-state index in [1.54, 1.807) is 0 Å². The third kappa shape index (κ3) is 2.59. The van der Waals surface area contributed by atoms with Gasteiger partial charge < -0.3 is 20.2 Å². The van der Waals surface area contributed by atoms with Crippen LogP contribution < -0.4 is 16.3 Å². The number of allylic oxidation sites excluding steroid dienone is 2. The lowest BCUT2D eigenvalue weighted by molar-refractivity contribution is 0.00578. The summed E-state index contributed by atoms with van der Waals surface area (Å²) in [7, 11) is -0.331. The first kappa shape index (κ1) is 14.2. The molecule has 2 N–H and O–H groups in total. The Balaban J connectivity index is 1.88. The molecule has 0 bridgehead atoms. The maximum Gasteiger partial charge on any atom is 0.494 e. The van der Waals surface area contributed by atoms with Crippen LogP contribution in [0.15, 0.2) is 42.6 Å². The fraction of sp³-hybridized carbons (Fsp3) is 0.375. The van der Waals surface area contributed by atoms with Gasteiger partial charge in [-0.25, -0.2) is 0 Å². The van der Waals surface area contributed by atoms with Crippen LogP contribution in [0.4, 0.5) is 0 Å².